The molecular weight excluding hydrogens is 274 g/mol. The molecule has 0 spiro atoms. The Labute approximate surface area is 122 Å². The minimum absolute atomic E-state index is 0.0116. The summed E-state index contributed by atoms with van der Waals surface area (Å²) < 4.78 is 4.98. The van der Waals surface area contributed by atoms with Crippen LogP contribution in [0.4, 0.5) is 0 Å². The first-order chi connectivity index (χ1) is 10.0. The summed E-state index contributed by atoms with van der Waals surface area (Å²) >= 11 is 0. The molecule has 0 bridgehead atoms. The summed E-state index contributed by atoms with van der Waals surface area (Å²) in [5.41, 5.74) is 0.669. The van der Waals surface area contributed by atoms with Gasteiger partial charge >= 0.3 is 0 Å². The first-order valence-corrected chi connectivity index (χ1v) is 6.59. The van der Waals surface area contributed by atoms with Crippen molar-refractivity contribution in [2.45, 2.75) is 18.9 Å². The van der Waals surface area contributed by atoms with E-state index < -0.39 is 12.0 Å². The highest BCUT2D eigenvalue weighted by Crippen LogP contribution is 2.26. The molecule has 1 heterocycles. The van der Waals surface area contributed by atoms with Crippen molar-refractivity contribution < 1.29 is 24.5 Å². The van der Waals surface area contributed by atoms with Crippen LogP contribution in [0, 0.1) is 0 Å². The molecule has 2 rings (SSSR count). The highest BCUT2D eigenvalue weighted by molar-refractivity contribution is 5.94. The van der Waals surface area contributed by atoms with Crippen molar-refractivity contribution in [3.05, 3.63) is 29.8 Å². The second-order valence-corrected chi connectivity index (χ2v) is 4.77. The van der Waals surface area contributed by atoms with Crippen LogP contribution in [-0.2, 0) is 9.59 Å². The van der Waals surface area contributed by atoms with E-state index in [1.807, 2.05) is 0 Å². The van der Waals surface area contributed by atoms with Gasteiger partial charge in [0.2, 0.25) is 5.91 Å². The Morgan fingerprint density at radius 2 is 2.24 bits per heavy atom. The molecule has 0 aromatic heterocycles. The molecule has 1 N–H and O–H groups in total. The molecule has 0 unspecified atom stereocenters. The van der Waals surface area contributed by atoms with Gasteiger partial charge in [0, 0.05) is 12.6 Å². The molecule has 1 aromatic rings. The van der Waals surface area contributed by atoms with E-state index in [4.69, 9.17) is 4.74 Å². The molecule has 1 atom stereocenters. The Morgan fingerprint density at radius 1 is 1.48 bits per heavy atom. The van der Waals surface area contributed by atoms with Crippen molar-refractivity contribution in [2.75, 3.05) is 13.7 Å². The summed E-state index contributed by atoms with van der Waals surface area (Å²) in [6, 6.07) is 3.82. The Hall–Kier alpha value is -2.50. The fourth-order valence-corrected chi connectivity index (χ4v) is 2.34. The SMILES string of the molecule is COc1cc(/C=C/C(=O)N2CCC[C@H]2C(=O)[O-])ccc1O. The number of nitrogens with zero attached hydrogens (tertiary/aromatic N) is 1. The van der Waals surface area contributed by atoms with E-state index in [2.05, 4.69) is 0 Å². The van der Waals surface area contributed by atoms with Gasteiger partial charge in [0.25, 0.3) is 0 Å². The van der Waals surface area contributed by atoms with Crippen LogP contribution in [0.15, 0.2) is 24.3 Å². The topological polar surface area (TPSA) is 89.9 Å². The molecule has 1 saturated heterocycles. The largest absolute Gasteiger partial charge is 0.548 e. The third-order valence-corrected chi connectivity index (χ3v) is 3.43. The lowest BCUT2D eigenvalue weighted by Gasteiger charge is -2.23. The van der Waals surface area contributed by atoms with Gasteiger partial charge in [0.05, 0.1) is 19.1 Å². The van der Waals surface area contributed by atoms with Gasteiger partial charge in [-0.1, -0.05) is 6.07 Å². The van der Waals surface area contributed by atoms with E-state index in [0.717, 1.165) is 0 Å². The van der Waals surface area contributed by atoms with E-state index >= 15 is 0 Å². The number of carboxylic acids is 1. The average Bonchev–Trinajstić information content (AvgIpc) is 2.95. The zero-order chi connectivity index (χ0) is 15.4. The second kappa shape index (κ2) is 6.30. The maximum Gasteiger partial charge on any atom is 0.247 e. The highest BCUT2D eigenvalue weighted by Gasteiger charge is 2.28. The molecule has 1 aromatic carbocycles. The van der Waals surface area contributed by atoms with Gasteiger partial charge in [0.1, 0.15) is 0 Å². The summed E-state index contributed by atoms with van der Waals surface area (Å²) in [4.78, 5) is 24.3. The van der Waals surface area contributed by atoms with Crippen molar-refractivity contribution in [3.63, 3.8) is 0 Å². The fourth-order valence-electron chi connectivity index (χ4n) is 2.34. The number of aromatic hydroxyl groups is 1. The Balaban J connectivity index is 2.10. The lowest BCUT2D eigenvalue weighted by atomic mass is 10.2. The van der Waals surface area contributed by atoms with Crippen molar-refractivity contribution in [2.24, 2.45) is 0 Å². The maximum absolute atomic E-state index is 12.0. The normalized spacial score (nSPS) is 18.1. The van der Waals surface area contributed by atoms with Crippen molar-refractivity contribution >= 4 is 18.0 Å². The molecule has 0 radical (unpaired) electrons. The quantitative estimate of drug-likeness (QED) is 0.797. The number of rotatable bonds is 4. The number of ether oxygens (including phenoxy) is 1. The molecule has 1 aliphatic rings. The van der Waals surface area contributed by atoms with Crippen LogP contribution >= 0.6 is 0 Å². The van der Waals surface area contributed by atoms with Crippen LogP contribution in [0.1, 0.15) is 18.4 Å². The summed E-state index contributed by atoms with van der Waals surface area (Å²) in [7, 11) is 1.43. The number of benzene rings is 1. The Kier molecular flexibility index (Phi) is 4.47. The van der Waals surface area contributed by atoms with Crippen molar-refractivity contribution in [1.82, 2.24) is 4.90 Å². The van der Waals surface area contributed by atoms with E-state index in [1.165, 1.54) is 24.2 Å². The number of aliphatic carboxylic acids is 1. The number of carboxylic acid groups (broad SMARTS) is 1. The van der Waals surface area contributed by atoms with E-state index in [-0.39, 0.29) is 11.7 Å². The van der Waals surface area contributed by atoms with Crippen LogP contribution in [0.2, 0.25) is 0 Å². The van der Waals surface area contributed by atoms with E-state index in [1.54, 1.807) is 18.2 Å². The standard InChI is InChI=1S/C15H17NO5/c1-21-13-9-10(4-6-12(13)17)5-7-14(18)16-8-2-3-11(16)15(19)20/h4-7,9,11,17H,2-3,8H2,1H3,(H,19,20)/p-1/b7-5+/t11-/m0/s1. The van der Waals surface area contributed by atoms with E-state index in [9.17, 15) is 19.8 Å². The summed E-state index contributed by atoms with van der Waals surface area (Å²) in [5, 5.41) is 20.4. The third kappa shape index (κ3) is 3.34. The van der Waals surface area contributed by atoms with Crippen molar-refractivity contribution in [1.29, 1.82) is 0 Å². The zero-order valence-corrected chi connectivity index (χ0v) is 11.6. The molecule has 1 amide bonds. The number of phenolic OH excluding ortho intramolecular Hbond substituents is 1. The van der Waals surface area contributed by atoms with Crippen LogP contribution in [0.5, 0.6) is 11.5 Å². The van der Waals surface area contributed by atoms with Crippen LogP contribution in [-0.4, -0.2) is 41.6 Å². The number of amides is 1. The second-order valence-electron chi connectivity index (χ2n) is 4.77. The van der Waals surface area contributed by atoms with Gasteiger partial charge in [-0.2, -0.15) is 0 Å². The summed E-state index contributed by atoms with van der Waals surface area (Å²) in [6.07, 6.45) is 3.95. The van der Waals surface area contributed by atoms with Gasteiger partial charge in [-0.3, -0.25) is 4.79 Å². The number of hydrogen-bond donors (Lipinski definition) is 1. The van der Waals surface area contributed by atoms with Crippen LogP contribution < -0.4 is 9.84 Å². The van der Waals surface area contributed by atoms with Crippen LogP contribution in [0.3, 0.4) is 0 Å². The van der Waals surface area contributed by atoms with Crippen molar-refractivity contribution in [3.8, 4) is 11.5 Å². The maximum atomic E-state index is 12.0. The molecule has 1 fully saturated rings. The molecule has 6 nitrogen and oxygen atoms in total. The Morgan fingerprint density at radius 3 is 2.90 bits per heavy atom. The molecule has 0 aliphatic carbocycles. The fraction of sp³-hybridized carbons (Fsp3) is 0.333. The molecule has 21 heavy (non-hydrogen) atoms. The number of phenols is 1. The monoisotopic (exact) mass is 290 g/mol. The number of likely N-dealkylation sites (tertiary alicyclic amines) is 1. The Bertz CT molecular complexity index is 581. The third-order valence-electron chi connectivity index (χ3n) is 3.43. The predicted molar refractivity (Wildman–Crippen MR) is 73.4 cm³/mol. The van der Waals surface area contributed by atoms with Gasteiger partial charge in [-0.15, -0.1) is 0 Å². The number of carbonyl (C=O) groups is 2. The van der Waals surface area contributed by atoms with Crippen LogP contribution in [0.25, 0.3) is 6.08 Å². The first-order valence-electron chi connectivity index (χ1n) is 6.59. The predicted octanol–water partition coefficient (Wildman–Crippen LogP) is 0.155. The van der Waals surface area contributed by atoms with Gasteiger partial charge in [0.15, 0.2) is 11.5 Å². The lowest BCUT2D eigenvalue weighted by Crippen LogP contribution is -2.46. The summed E-state index contributed by atoms with van der Waals surface area (Å²) in [5.74, 6) is -1.27. The minimum atomic E-state index is -1.22. The van der Waals surface area contributed by atoms with E-state index in [0.29, 0.717) is 30.7 Å². The summed E-state index contributed by atoms with van der Waals surface area (Å²) in [6.45, 7) is 0.417. The molecule has 112 valence electrons. The number of hydrogen-bond acceptors (Lipinski definition) is 5. The number of methoxy groups -OCH3 is 1. The average molecular weight is 290 g/mol. The molecule has 6 heteroatoms. The smallest absolute Gasteiger partial charge is 0.247 e. The first kappa shape index (κ1) is 14.9. The molecule has 1 aliphatic heterocycles. The van der Waals surface area contributed by atoms with Gasteiger partial charge < -0.3 is 24.6 Å². The van der Waals surface area contributed by atoms with Gasteiger partial charge in [-0.25, -0.2) is 0 Å². The highest BCUT2D eigenvalue weighted by atomic mass is 16.5. The zero-order valence-electron chi connectivity index (χ0n) is 11.6. The number of carbonyl (C=O) groups excluding carboxylic acids is 2. The van der Waals surface area contributed by atoms with Gasteiger partial charge in [-0.05, 0) is 36.6 Å². The molecule has 0 saturated carbocycles. The minimum Gasteiger partial charge on any atom is -0.548 e. The molecular formula is C15H16NO5-. The lowest BCUT2D eigenvalue weighted by molar-refractivity contribution is -0.310.